The van der Waals surface area contributed by atoms with Gasteiger partial charge in [0, 0.05) is 31.3 Å². The van der Waals surface area contributed by atoms with Gasteiger partial charge in [-0.1, -0.05) is 13.3 Å². The van der Waals surface area contributed by atoms with Crippen molar-refractivity contribution in [1.82, 2.24) is 14.7 Å². The van der Waals surface area contributed by atoms with Crippen molar-refractivity contribution in [3.63, 3.8) is 0 Å². The Bertz CT molecular complexity index is 495. The number of hydrogen-bond donors (Lipinski definition) is 1. The Morgan fingerprint density at radius 2 is 2.32 bits per heavy atom. The second kappa shape index (κ2) is 7.47. The number of hydrogen-bond acceptors (Lipinski definition) is 5. The minimum Gasteiger partial charge on any atom is -0.480 e. The summed E-state index contributed by atoms with van der Waals surface area (Å²) in [6.07, 6.45) is 4.33. The summed E-state index contributed by atoms with van der Waals surface area (Å²) >= 11 is 1.61. The Hall–Kier alpha value is -1.11. The van der Waals surface area contributed by atoms with E-state index in [1.165, 1.54) is 6.42 Å². The number of fused-ring (bicyclic) bond motifs is 1. The van der Waals surface area contributed by atoms with Crippen molar-refractivity contribution in [2.45, 2.75) is 26.3 Å². The van der Waals surface area contributed by atoms with Crippen LogP contribution in [0, 0.1) is 0 Å². The molecule has 2 rings (SSSR count). The minimum absolute atomic E-state index is 0.700. The Labute approximate surface area is 117 Å². The largest absolute Gasteiger partial charge is 0.480 e. The molecule has 2 aromatic rings. The van der Waals surface area contributed by atoms with E-state index in [1.54, 1.807) is 18.4 Å². The van der Waals surface area contributed by atoms with Crippen LogP contribution >= 0.6 is 11.3 Å². The molecule has 6 heteroatoms. The quantitative estimate of drug-likeness (QED) is 0.717. The van der Waals surface area contributed by atoms with Gasteiger partial charge in [-0.25, -0.2) is 0 Å². The second-order valence-electron chi connectivity index (χ2n) is 4.27. The molecule has 0 spiro atoms. The summed E-state index contributed by atoms with van der Waals surface area (Å²) in [5, 5.41) is 5.39. The summed E-state index contributed by atoms with van der Waals surface area (Å²) in [6, 6.07) is 0. The smallest absolute Gasteiger partial charge is 0.237 e. The molecular weight excluding hydrogens is 262 g/mol. The van der Waals surface area contributed by atoms with Crippen LogP contribution in [0.3, 0.4) is 0 Å². The van der Waals surface area contributed by atoms with Gasteiger partial charge in [-0.3, -0.25) is 4.40 Å². The lowest BCUT2D eigenvalue weighted by Gasteiger charge is -2.06. The standard InChI is InChI=1S/C13H21N3O2S/c1-3-4-7-18-8-5-14-10-11-12(17-2)15-13-16(11)6-9-19-13/h6,9,14H,3-5,7-8,10H2,1-2H3. The lowest BCUT2D eigenvalue weighted by atomic mass is 10.4. The average molecular weight is 283 g/mol. The van der Waals surface area contributed by atoms with E-state index >= 15 is 0 Å². The first-order chi connectivity index (χ1) is 9.36. The molecule has 0 bridgehead atoms. The topological polar surface area (TPSA) is 47.8 Å². The van der Waals surface area contributed by atoms with E-state index in [2.05, 4.69) is 21.6 Å². The van der Waals surface area contributed by atoms with Crippen molar-refractivity contribution >= 4 is 16.3 Å². The maximum atomic E-state index is 5.51. The number of methoxy groups -OCH3 is 1. The van der Waals surface area contributed by atoms with Crippen LogP contribution in [0.25, 0.3) is 4.96 Å². The molecule has 0 aliphatic carbocycles. The predicted molar refractivity (Wildman–Crippen MR) is 77.1 cm³/mol. The third-order valence-corrected chi connectivity index (χ3v) is 3.63. The van der Waals surface area contributed by atoms with Crippen molar-refractivity contribution < 1.29 is 9.47 Å². The van der Waals surface area contributed by atoms with Gasteiger partial charge in [0.05, 0.1) is 13.7 Å². The molecule has 0 fully saturated rings. The van der Waals surface area contributed by atoms with Gasteiger partial charge in [-0.2, -0.15) is 4.98 Å². The summed E-state index contributed by atoms with van der Waals surface area (Å²) < 4.78 is 12.9. The van der Waals surface area contributed by atoms with Gasteiger partial charge in [-0.15, -0.1) is 11.3 Å². The predicted octanol–water partition coefficient (Wildman–Crippen LogP) is 2.31. The summed E-state index contributed by atoms with van der Waals surface area (Å²) in [4.78, 5) is 5.38. The molecule has 0 amide bonds. The summed E-state index contributed by atoms with van der Waals surface area (Å²) in [5.41, 5.74) is 1.06. The molecule has 0 unspecified atom stereocenters. The number of ether oxygens (including phenoxy) is 2. The molecule has 2 heterocycles. The first-order valence-corrected chi connectivity index (χ1v) is 7.51. The highest BCUT2D eigenvalue weighted by atomic mass is 32.1. The highest BCUT2D eigenvalue weighted by Crippen LogP contribution is 2.22. The number of unbranched alkanes of at least 4 members (excludes halogenated alkanes) is 1. The van der Waals surface area contributed by atoms with Gasteiger partial charge < -0.3 is 14.8 Å². The zero-order valence-electron chi connectivity index (χ0n) is 11.5. The zero-order valence-corrected chi connectivity index (χ0v) is 12.3. The molecule has 0 aromatic carbocycles. The van der Waals surface area contributed by atoms with Crippen molar-refractivity contribution in [3.05, 3.63) is 17.3 Å². The number of imidazole rings is 1. The number of thiazole rings is 1. The molecule has 1 N–H and O–H groups in total. The van der Waals surface area contributed by atoms with Crippen LogP contribution in [0.1, 0.15) is 25.5 Å². The van der Waals surface area contributed by atoms with Crippen LogP contribution in [0.5, 0.6) is 5.88 Å². The van der Waals surface area contributed by atoms with E-state index in [4.69, 9.17) is 9.47 Å². The molecule has 0 saturated carbocycles. The monoisotopic (exact) mass is 283 g/mol. The Kier molecular flexibility index (Phi) is 5.62. The normalized spacial score (nSPS) is 11.3. The lowest BCUT2D eigenvalue weighted by molar-refractivity contribution is 0.132. The van der Waals surface area contributed by atoms with Crippen LogP contribution < -0.4 is 10.1 Å². The van der Waals surface area contributed by atoms with E-state index in [0.717, 1.165) is 43.4 Å². The van der Waals surface area contributed by atoms with Crippen molar-refractivity contribution in [2.75, 3.05) is 26.9 Å². The van der Waals surface area contributed by atoms with Crippen LogP contribution in [-0.4, -0.2) is 36.3 Å². The molecular formula is C13H21N3O2S. The van der Waals surface area contributed by atoms with E-state index < -0.39 is 0 Å². The highest BCUT2D eigenvalue weighted by molar-refractivity contribution is 7.15. The molecule has 106 valence electrons. The van der Waals surface area contributed by atoms with Gasteiger partial charge in [0.2, 0.25) is 5.88 Å². The van der Waals surface area contributed by atoms with E-state index in [1.807, 2.05) is 11.6 Å². The third kappa shape index (κ3) is 3.68. The lowest BCUT2D eigenvalue weighted by Crippen LogP contribution is -2.20. The van der Waals surface area contributed by atoms with Gasteiger partial charge in [0.25, 0.3) is 0 Å². The molecule has 0 saturated heterocycles. The first-order valence-electron chi connectivity index (χ1n) is 6.63. The zero-order chi connectivity index (χ0) is 13.5. The summed E-state index contributed by atoms with van der Waals surface area (Å²) in [7, 11) is 1.66. The van der Waals surface area contributed by atoms with Crippen LogP contribution in [-0.2, 0) is 11.3 Å². The van der Waals surface area contributed by atoms with Gasteiger partial charge in [-0.05, 0) is 6.42 Å². The van der Waals surface area contributed by atoms with Crippen LogP contribution in [0.15, 0.2) is 11.6 Å². The Morgan fingerprint density at radius 3 is 3.11 bits per heavy atom. The maximum Gasteiger partial charge on any atom is 0.237 e. The fraction of sp³-hybridized carbons (Fsp3) is 0.615. The number of aromatic nitrogens is 2. The van der Waals surface area contributed by atoms with Gasteiger partial charge >= 0.3 is 0 Å². The second-order valence-corrected chi connectivity index (χ2v) is 5.14. The molecule has 0 radical (unpaired) electrons. The molecule has 0 atom stereocenters. The first kappa shape index (κ1) is 14.3. The number of rotatable bonds is 9. The van der Waals surface area contributed by atoms with Crippen molar-refractivity contribution in [3.8, 4) is 5.88 Å². The summed E-state index contributed by atoms with van der Waals surface area (Å²) in [6.45, 7) is 5.33. The maximum absolute atomic E-state index is 5.51. The Balaban J connectivity index is 1.79. The average Bonchev–Trinajstić information content (AvgIpc) is 2.99. The fourth-order valence-corrected chi connectivity index (χ4v) is 2.56. The van der Waals surface area contributed by atoms with Crippen LogP contribution in [0.2, 0.25) is 0 Å². The molecule has 0 aliphatic heterocycles. The van der Waals surface area contributed by atoms with Crippen molar-refractivity contribution in [2.24, 2.45) is 0 Å². The SMILES string of the molecule is CCCCOCCNCc1c(OC)nc2sccn12. The summed E-state index contributed by atoms with van der Waals surface area (Å²) in [5.74, 6) is 0.700. The number of nitrogens with zero attached hydrogens (tertiary/aromatic N) is 2. The van der Waals surface area contributed by atoms with E-state index in [9.17, 15) is 0 Å². The number of nitrogens with one attached hydrogen (secondary N) is 1. The molecule has 2 aromatic heterocycles. The van der Waals surface area contributed by atoms with Crippen LogP contribution in [0.4, 0.5) is 0 Å². The minimum atomic E-state index is 0.700. The van der Waals surface area contributed by atoms with Gasteiger partial charge in [0.15, 0.2) is 4.96 Å². The third-order valence-electron chi connectivity index (χ3n) is 2.88. The van der Waals surface area contributed by atoms with E-state index in [-0.39, 0.29) is 0 Å². The molecule has 5 nitrogen and oxygen atoms in total. The molecule has 0 aliphatic rings. The van der Waals surface area contributed by atoms with Gasteiger partial charge in [0.1, 0.15) is 5.69 Å². The van der Waals surface area contributed by atoms with Crippen molar-refractivity contribution in [1.29, 1.82) is 0 Å². The Morgan fingerprint density at radius 1 is 1.42 bits per heavy atom. The molecule has 19 heavy (non-hydrogen) atoms. The fourth-order valence-electron chi connectivity index (χ4n) is 1.84. The highest BCUT2D eigenvalue weighted by Gasteiger charge is 2.12. The van der Waals surface area contributed by atoms with E-state index in [0.29, 0.717) is 5.88 Å².